The Hall–Kier alpha value is -1.89. The lowest BCUT2D eigenvalue weighted by Gasteiger charge is -2.07. The molecule has 0 aromatic heterocycles. The van der Waals surface area contributed by atoms with Gasteiger partial charge < -0.3 is 8.92 Å². The predicted molar refractivity (Wildman–Crippen MR) is 94.6 cm³/mol. The van der Waals surface area contributed by atoms with E-state index in [4.69, 9.17) is 4.74 Å². The number of para-hydroxylation sites is 1. The van der Waals surface area contributed by atoms with E-state index in [9.17, 15) is 18.0 Å². The van der Waals surface area contributed by atoms with E-state index in [1.165, 1.54) is 31.4 Å². The molecule has 0 spiro atoms. The molecular formula is C18H26O6S. The molecule has 1 aromatic carbocycles. The summed E-state index contributed by atoms with van der Waals surface area (Å²) >= 11 is 0. The summed E-state index contributed by atoms with van der Waals surface area (Å²) in [6, 6.07) is 7.68. The van der Waals surface area contributed by atoms with E-state index in [1.807, 2.05) is 0 Å². The number of carbonyl (C=O) groups excluding carboxylic acids is 2. The zero-order chi connectivity index (χ0) is 18.5. The van der Waals surface area contributed by atoms with Crippen molar-refractivity contribution in [2.75, 3.05) is 6.61 Å². The molecule has 0 bridgehead atoms. The van der Waals surface area contributed by atoms with Crippen molar-refractivity contribution in [3.05, 3.63) is 30.3 Å². The van der Waals surface area contributed by atoms with Crippen molar-refractivity contribution < 1.29 is 26.9 Å². The average molecular weight is 370 g/mol. The van der Waals surface area contributed by atoms with E-state index in [1.54, 1.807) is 18.2 Å². The van der Waals surface area contributed by atoms with E-state index in [0.29, 0.717) is 6.42 Å². The van der Waals surface area contributed by atoms with E-state index in [2.05, 4.69) is 11.1 Å². The Labute approximate surface area is 149 Å². The van der Waals surface area contributed by atoms with Crippen molar-refractivity contribution in [1.82, 2.24) is 0 Å². The fraction of sp³-hybridized carbons (Fsp3) is 0.556. The minimum absolute atomic E-state index is 0.0326. The number of hydrogen-bond donors (Lipinski definition) is 0. The van der Waals surface area contributed by atoms with Crippen molar-refractivity contribution in [1.29, 1.82) is 0 Å². The van der Waals surface area contributed by atoms with Gasteiger partial charge in [-0.1, -0.05) is 63.6 Å². The summed E-state index contributed by atoms with van der Waals surface area (Å²) in [5.74, 6) is -0.540. The fourth-order valence-corrected chi connectivity index (χ4v) is 2.82. The maximum atomic E-state index is 11.7. The van der Waals surface area contributed by atoms with Crippen LogP contribution in [-0.2, 0) is 24.4 Å². The van der Waals surface area contributed by atoms with Crippen molar-refractivity contribution in [3.8, 4) is 5.75 Å². The third kappa shape index (κ3) is 9.24. The highest BCUT2D eigenvalue weighted by Gasteiger charge is 2.25. The van der Waals surface area contributed by atoms with E-state index in [0.717, 1.165) is 19.3 Å². The Morgan fingerprint density at radius 1 is 0.920 bits per heavy atom. The predicted octanol–water partition coefficient (Wildman–Crippen LogP) is 3.61. The SMILES string of the molecule is CCCCCCCCCC(=O)OCC(=O)S(=O)(=O)Oc1ccccc1. The summed E-state index contributed by atoms with van der Waals surface area (Å²) < 4.78 is 32.9. The van der Waals surface area contributed by atoms with Gasteiger partial charge >= 0.3 is 21.2 Å². The van der Waals surface area contributed by atoms with E-state index >= 15 is 0 Å². The number of ether oxygens (including phenoxy) is 1. The lowest BCUT2D eigenvalue weighted by molar-refractivity contribution is -0.146. The summed E-state index contributed by atoms with van der Waals surface area (Å²) in [7, 11) is -4.46. The van der Waals surface area contributed by atoms with Gasteiger partial charge in [0.15, 0.2) is 6.61 Å². The smallest absolute Gasteiger partial charge is 0.377 e. The zero-order valence-corrected chi connectivity index (χ0v) is 15.4. The first kappa shape index (κ1) is 21.2. The van der Waals surface area contributed by atoms with Gasteiger partial charge in [-0.15, -0.1) is 0 Å². The van der Waals surface area contributed by atoms with Crippen LogP contribution in [0.1, 0.15) is 58.3 Å². The third-order valence-corrected chi connectivity index (χ3v) is 4.65. The Morgan fingerprint density at radius 3 is 2.16 bits per heavy atom. The molecule has 0 atom stereocenters. The van der Waals surface area contributed by atoms with Gasteiger partial charge in [0.25, 0.3) is 0 Å². The van der Waals surface area contributed by atoms with Gasteiger partial charge in [0.05, 0.1) is 0 Å². The maximum absolute atomic E-state index is 11.7. The fourth-order valence-electron chi connectivity index (χ4n) is 2.16. The molecule has 1 aromatic rings. The van der Waals surface area contributed by atoms with Crippen LogP contribution in [0.5, 0.6) is 5.75 Å². The standard InChI is InChI=1S/C18H26O6S/c1-2-3-4-5-6-7-11-14-17(19)23-15-18(20)25(21,22)24-16-12-9-8-10-13-16/h8-10,12-13H,2-7,11,14-15H2,1H3. The minimum Gasteiger partial charge on any atom is -0.456 e. The molecular weight excluding hydrogens is 344 g/mol. The molecule has 0 aliphatic rings. The summed E-state index contributed by atoms with van der Waals surface area (Å²) in [4.78, 5) is 23.2. The Kier molecular flexibility index (Phi) is 9.84. The van der Waals surface area contributed by atoms with Gasteiger partial charge in [-0.25, -0.2) is 0 Å². The summed E-state index contributed by atoms with van der Waals surface area (Å²) in [6.45, 7) is 1.33. The van der Waals surface area contributed by atoms with Crippen LogP contribution in [0.3, 0.4) is 0 Å². The van der Waals surface area contributed by atoms with Crippen LogP contribution in [0.4, 0.5) is 0 Å². The average Bonchev–Trinajstić information content (AvgIpc) is 2.59. The van der Waals surface area contributed by atoms with Gasteiger partial charge in [0.1, 0.15) is 5.75 Å². The normalized spacial score (nSPS) is 11.1. The zero-order valence-electron chi connectivity index (χ0n) is 14.6. The monoisotopic (exact) mass is 370 g/mol. The summed E-state index contributed by atoms with van der Waals surface area (Å²) in [5, 5.41) is -1.27. The molecule has 0 heterocycles. The largest absolute Gasteiger partial charge is 0.456 e. The molecule has 0 aliphatic carbocycles. The number of carbonyl (C=O) groups is 2. The second-order valence-electron chi connectivity index (χ2n) is 5.75. The van der Waals surface area contributed by atoms with Crippen LogP contribution in [0, 0.1) is 0 Å². The first-order valence-corrected chi connectivity index (χ1v) is 10.0. The number of hydrogen-bond acceptors (Lipinski definition) is 6. The molecule has 6 nitrogen and oxygen atoms in total. The molecule has 0 saturated heterocycles. The highest BCUT2D eigenvalue weighted by Crippen LogP contribution is 2.13. The summed E-state index contributed by atoms with van der Waals surface area (Å²) in [6.07, 6.45) is 7.60. The van der Waals surface area contributed by atoms with Crippen LogP contribution in [0.2, 0.25) is 0 Å². The molecule has 0 N–H and O–H groups in total. The van der Waals surface area contributed by atoms with Crippen LogP contribution >= 0.6 is 0 Å². The van der Waals surface area contributed by atoms with Crippen molar-refractivity contribution in [3.63, 3.8) is 0 Å². The van der Waals surface area contributed by atoms with Crippen molar-refractivity contribution in [2.24, 2.45) is 0 Å². The number of benzene rings is 1. The Morgan fingerprint density at radius 2 is 1.52 bits per heavy atom. The molecule has 0 saturated carbocycles. The number of esters is 1. The molecule has 7 heteroatoms. The van der Waals surface area contributed by atoms with Crippen LogP contribution in [0.15, 0.2) is 30.3 Å². The Balaban J connectivity index is 2.23. The minimum atomic E-state index is -4.46. The van der Waals surface area contributed by atoms with Gasteiger partial charge in [0, 0.05) is 6.42 Å². The van der Waals surface area contributed by atoms with Crippen LogP contribution in [-0.4, -0.2) is 26.1 Å². The first-order valence-electron chi connectivity index (χ1n) is 8.63. The van der Waals surface area contributed by atoms with Crippen LogP contribution in [0.25, 0.3) is 0 Å². The molecule has 0 fully saturated rings. The first-order chi connectivity index (χ1) is 12.0. The number of unbranched alkanes of at least 4 members (excludes halogenated alkanes) is 6. The van der Waals surface area contributed by atoms with Crippen molar-refractivity contribution in [2.45, 2.75) is 58.3 Å². The van der Waals surface area contributed by atoms with Gasteiger partial charge in [-0.3, -0.25) is 9.59 Å². The molecule has 0 amide bonds. The van der Waals surface area contributed by atoms with Crippen molar-refractivity contribution >= 4 is 21.2 Å². The maximum Gasteiger partial charge on any atom is 0.377 e. The molecule has 0 radical (unpaired) electrons. The van der Waals surface area contributed by atoms with E-state index in [-0.39, 0.29) is 12.2 Å². The summed E-state index contributed by atoms with van der Waals surface area (Å²) in [5.41, 5.74) is 0. The van der Waals surface area contributed by atoms with Gasteiger partial charge in [0.2, 0.25) is 0 Å². The quantitative estimate of drug-likeness (QED) is 0.317. The number of rotatable bonds is 12. The molecule has 25 heavy (non-hydrogen) atoms. The highest BCUT2D eigenvalue weighted by atomic mass is 32.2. The molecule has 1 rings (SSSR count). The Bertz CT molecular complexity index is 624. The second kappa shape index (κ2) is 11.6. The van der Waals surface area contributed by atoms with Gasteiger partial charge in [-0.2, -0.15) is 8.42 Å². The topological polar surface area (TPSA) is 86.7 Å². The van der Waals surface area contributed by atoms with E-state index < -0.39 is 27.8 Å². The molecule has 140 valence electrons. The molecule has 0 unspecified atom stereocenters. The second-order valence-corrected chi connectivity index (χ2v) is 7.28. The highest BCUT2D eigenvalue weighted by molar-refractivity contribution is 8.02. The van der Waals surface area contributed by atoms with Crippen LogP contribution < -0.4 is 4.18 Å². The van der Waals surface area contributed by atoms with Gasteiger partial charge in [-0.05, 0) is 18.6 Å². The third-order valence-electron chi connectivity index (χ3n) is 3.56. The molecule has 0 aliphatic heterocycles. The lowest BCUT2D eigenvalue weighted by Crippen LogP contribution is -2.26. The lowest BCUT2D eigenvalue weighted by atomic mass is 10.1.